The molecule has 21 heavy (non-hydrogen) atoms. The number of sulfonamides is 1. The minimum absolute atomic E-state index is 0.153. The van der Waals surface area contributed by atoms with Crippen LogP contribution < -0.4 is 10.5 Å². The summed E-state index contributed by atoms with van der Waals surface area (Å²) in [6.07, 6.45) is 2.35. The molecule has 1 aromatic rings. The Bertz CT molecular complexity index is 566. The van der Waals surface area contributed by atoms with Gasteiger partial charge in [0.15, 0.2) is 0 Å². The van der Waals surface area contributed by atoms with Crippen molar-refractivity contribution in [1.82, 2.24) is 4.90 Å². The van der Waals surface area contributed by atoms with Crippen LogP contribution in [0.3, 0.4) is 0 Å². The van der Waals surface area contributed by atoms with Crippen LogP contribution in [-0.4, -0.2) is 39.0 Å². The molecule has 6 heteroatoms. The van der Waals surface area contributed by atoms with E-state index in [-0.39, 0.29) is 4.90 Å². The number of rotatable bonds is 5. The highest BCUT2D eigenvalue weighted by atomic mass is 32.2. The first-order valence-corrected chi connectivity index (χ1v) is 9.06. The molecular weight excluding hydrogens is 286 g/mol. The molecule has 1 unspecified atom stereocenters. The fourth-order valence-corrected chi connectivity index (χ4v) is 3.47. The zero-order valence-corrected chi connectivity index (χ0v) is 13.6. The molecule has 5 nitrogen and oxygen atoms in total. The number of anilines is 1. The van der Waals surface area contributed by atoms with Crippen molar-refractivity contribution in [1.29, 1.82) is 0 Å². The lowest BCUT2D eigenvalue weighted by Crippen LogP contribution is -2.39. The van der Waals surface area contributed by atoms with E-state index in [0.717, 1.165) is 25.3 Å². The molecule has 118 valence electrons. The molecule has 0 aromatic heterocycles. The molecule has 1 aliphatic heterocycles. The van der Waals surface area contributed by atoms with Crippen LogP contribution in [0.2, 0.25) is 0 Å². The molecule has 0 radical (unpaired) electrons. The molecule has 1 aromatic carbocycles. The van der Waals surface area contributed by atoms with E-state index in [1.165, 1.54) is 18.9 Å². The molecule has 0 bridgehead atoms. The van der Waals surface area contributed by atoms with Gasteiger partial charge in [-0.25, -0.2) is 13.6 Å². The number of nitrogens with two attached hydrogens (primary N) is 1. The maximum absolute atomic E-state index is 11.4. The first-order valence-electron chi connectivity index (χ1n) is 7.52. The summed E-state index contributed by atoms with van der Waals surface area (Å²) in [4.78, 5) is 2.62. The average Bonchev–Trinajstić information content (AvgIpc) is 2.47. The van der Waals surface area contributed by atoms with E-state index in [9.17, 15) is 8.42 Å². The Labute approximate surface area is 127 Å². The minimum Gasteiger partial charge on any atom is -0.382 e. The van der Waals surface area contributed by atoms with Crippen LogP contribution in [-0.2, 0) is 10.0 Å². The van der Waals surface area contributed by atoms with E-state index >= 15 is 0 Å². The molecule has 0 amide bonds. The van der Waals surface area contributed by atoms with E-state index in [1.807, 2.05) is 6.07 Å². The molecule has 2 rings (SSSR count). The van der Waals surface area contributed by atoms with Crippen LogP contribution in [0.1, 0.15) is 26.7 Å². The average molecular weight is 311 g/mol. The predicted octanol–water partition coefficient (Wildman–Crippen LogP) is 1.87. The van der Waals surface area contributed by atoms with Crippen molar-refractivity contribution < 1.29 is 8.42 Å². The first-order chi connectivity index (χ1) is 9.90. The van der Waals surface area contributed by atoms with Gasteiger partial charge in [0, 0.05) is 11.7 Å². The van der Waals surface area contributed by atoms with Gasteiger partial charge in [0.05, 0.1) is 4.90 Å². The molecule has 3 N–H and O–H groups in total. The summed E-state index contributed by atoms with van der Waals surface area (Å²) in [5, 5.41) is 8.59. The van der Waals surface area contributed by atoms with Gasteiger partial charge in [0.25, 0.3) is 0 Å². The van der Waals surface area contributed by atoms with Crippen molar-refractivity contribution >= 4 is 15.7 Å². The molecule has 0 aliphatic carbocycles. The third kappa shape index (κ3) is 4.43. The highest BCUT2D eigenvalue weighted by Crippen LogP contribution is 2.24. The maximum Gasteiger partial charge on any atom is 0.238 e. The molecule has 1 fully saturated rings. The SMILES string of the molecule is CCN1CCC(C(C)Nc2cccc(S(N)(=O)=O)c2)CC1. The molecule has 0 spiro atoms. The number of nitrogens with one attached hydrogen (secondary N) is 1. The maximum atomic E-state index is 11.4. The summed E-state index contributed by atoms with van der Waals surface area (Å²) in [6.45, 7) is 7.76. The van der Waals surface area contributed by atoms with E-state index < -0.39 is 10.0 Å². The third-order valence-corrected chi connectivity index (χ3v) is 5.25. The second kappa shape index (κ2) is 6.77. The highest BCUT2D eigenvalue weighted by molar-refractivity contribution is 7.89. The topological polar surface area (TPSA) is 75.4 Å². The number of hydrogen-bond donors (Lipinski definition) is 2. The van der Waals surface area contributed by atoms with Gasteiger partial charge in [-0.05, 0) is 63.5 Å². The van der Waals surface area contributed by atoms with E-state index in [4.69, 9.17) is 5.14 Å². The van der Waals surface area contributed by atoms with Gasteiger partial charge in [-0.15, -0.1) is 0 Å². The quantitative estimate of drug-likeness (QED) is 0.870. The van der Waals surface area contributed by atoms with E-state index in [2.05, 4.69) is 24.1 Å². The Morgan fingerprint density at radius 2 is 2.05 bits per heavy atom. The Balaban J connectivity index is 1.98. The Morgan fingerprint density at radius 3 is 2.62 bits per heavy atom. The normalized spacial score (nSPS) is 19.4. The second-order valence-electron chi connectivity index (χ2n) is 5.78. The Morgan fingerprint density at radius 1 is 1.38 bits per heavy atom. The number of primary sulfonamides is 1. The minimum atomic E-state index is -3.64. The fraction of sp³-hybridized carbons (Fsp3) is 0.600. The van der Waals surface area contributed by atoms with Crippen molar-refractivity contribution in [2.45, 2.75) is 37.6 Å². The smallest absolute Gasteiger partial charge is 0.238 e. The summed E-state index contributed by atoms with van der Waals surface area (Å²) >= 11 is 0. The van der Waals surface area contributed by atoms with Gasteiger partial charge in [0.1, 0.15) is 0 Å². The van der Waals surface area contributed by atoms with Crippen LogP contribution in [0.4, 0.5) is 5.69 Å². The highest BCUT2D eigenvalue weighted by Gasteiger charge is 2.23. The van der Waals surface area contributed by atoms with Gasteiger partial charge in [0.2, 0.25) is 10.0 Å². The number of hydrogen-bond acceptors (Lipinski definition) is 4. The number of nitrogens with zero attached hydrogens (tertiary/aromatic N) is 1. The zero-order chi connectivity index (χ0) is 15.5. The van der Waals surface area contributed by atoms with Crippen molar-refractivity contribution in [2.75, 3.05) is 25.0 Å². The van der Waals surface area contributed by atoms with Crippen molar-refractivity contribution in [2.24, 2.45) is 11.1 Å². The standard InChI is InChI=1S/C15H25N3O2S/c1-3-18-9-7-13(8-10-18)12(2)17-14-5-4-6-15(11-14)21(16,19)20/h4-6,11-13,17H,3,7-10H2,1-2H3,(H2,16,19,20). The van der Waals surface area contributed by atoms with Gasteiger partial charge in [-0.3, -0.25) is 0 Å². The number of piperidine rings is 1. The van der Waals surface area contributed by atoms with Crippen LogP contribution in [0.5, 0.6) is 0 Å². The zero-order valence-electron chi connectivity index (χ0n) is 12.7. The lowest BCUT2D eigenvalue weighted by atomic mass is 9.90. The van der Waals surface area contributed by atoms with Crippen molar-refractivity contribution in [3.63, 3.8) is 0 Å². The molecule has 1 aliphatic rings. The monoisotopic (exact) mass is 311 g/mol. The summed E-state index contributed by atoms with van der Waals surface area (Å²) in [6, 6.07) is 7.04. The van der Waals surface area contributed by atoms with Gasteiger partial charge in [-0.2, -0.15) is 0 Å². The summed E-state index contributed by atoms with van der Waals surface area (Å²) in [5.41, 5.74) is 0.812. The van der Waals surface area contributed by atoms with Crippen molar-refractivity contribution in [3.8, 4) is 0 Å². The molecule has 1 heterocycles. The van der Waals surface area contributed by atoms with Crippen LogP contribution in [0, 0.1) is 5.92 Å². The van der Waals surface area contributed by atoms with Crippen LogP contribution in [0.25, 0.3) is 0 Å². The van der Waals surface area contributed by atoms with Crippen molar-refractivity contribution in [3.05, 3.63) is 24.3 Å². The lowest BCUT2D eigenvalue weighted by molar-refractivity contribution is 0.183. The second-order valence-corrected chi connectivity index (χ2v) is 7.34. The summed E-state index contributed by atoms with van der Waals surface area (Å²) < 4.78 is 22.8. The first kappa shape index (κ1) is 16.3. The summed E-state index contributed by atoms with van der Waals surface area (Å²) in [5.74, 6) is 0.617. The Hall–Kier alpha value is -1.11. The summed E-state index contributed by atoms with van der Waals surface area (Å²) in [7, 11) is -3.64. The molecule has 1 atom stereocenters. The number of benzene rings is 1. The number of likely N-dealkylation sites (tertiary alicyclic amines) is 1. The van der Waals surface area contributed by atoms with Crippen LogP contribution >= 0.6 is 0 Å². The molecule has 0 saturated carbocycles. The predicted molar refractivity (Wildman–Crippen MR) is 85.7 cm³/mol. The fourth-order valence-electron chi connectivity index (χ4n) is 2.91. The van der Waals surface area contributed by atoms with Gasteiger partial charge in [-0.1, -0.05) is 13.0 Å². The van der Waals surface area contributed by atoms with E-state index in [1.54, 1.807) is 12.1 Å². The van der Waals surface area contributed by atoms with Gasteiger partial charge < -0.3 is 10.2 Å². The molecule has 1 saturated heterocycles. The van der Waals surface area contributed by atoms with E-state index in [0.29, 0.717) is 12.0 Å². The van der Waals surface area contributed by atoms with Crippen LogP contribution in [0.15, 0.2) is 29.2 Å². The lowest BCUT2D eigenvalue weighted by Gasteiger charge is -2.34. The molecular formula is C15H25N3O2S. The third-order valence-electron chi connectivity index (χ3n) is 4.34. The van der Waals surface area contributed by atoms with Gasteiger partial charge >= 0.3 is 0 Å². The Kier molecular flexibility index (Phi) is 5.24. The largest absolute Gasteiger partial charge is 0.382 e.